The van der Waals surface area contributed by atoms with Crippen molar-refractivity contribution in [2.45, 2.75) is 12.5 Å². The van der Waals surface area contributed by atoms with Crippen molar-refractivity contribution in [3.63, 3.8) is 0 Å². The number of rotatable bonds is 5. The summed E-state index contributed by atoms with van der Waals surface area (Å²) in [5.41, 5.74) is 1.13. The van der Waals surface area contributed by atoms with Gasteiger partial charge in [0.15, 0.2) is 0 Å². The Morgan fingerprint density at radius 1 is 1.53 bits per heavy atom. The summed E-state index contributed by atoms with van der Waals surface area (Å²) in [7, 11) is 1.97. The van der Waals surface area contributed by atoms with Crippen molar-refractivity contribution < 1.29 is 8.76 Å². The van der Waals surface area contributed by atoms with E-state index in [1.807, 2.05) is 47.5 Å². The fraction of sp³-hybridized carbons (Fsp3) is 0.273. The Kier molecular flexibility index (Phi) is 4.11. The lowest BCUT2D eigenvalue weighted by Gasteiger charge is -2.15. The molecule has 0 amide bonds. The fourth-order valence-electron chi connectivity index (χ4n) is 1.73. The number of hydrogen-bond acceptors (Lipinski definition) is 2. The minimum absolute atomic E-state index is 0.130. The molecule has 2 N–H and O–H groups in total. The summed E-state index contributed by atoms with van der Waals surface area (Å²) in [4.78, 5) is 1.06. The lowest BCUT2D eigenvalue weighted by atomic mass is 10.1. The van der Waals surface area contributed by atoms with Gasteiger partial charge in [-0.05, 0) is 23.6 Å². The minimum atomic E-state index is -2.00. The summed E-state index contributed by atoms with van der Waals surface area (Å²) < 4.78 is 24.6. The molecule has 2 atom stereocenters. The molecule has 2 heterocycles. The van der Waals surface area contributed by atoms with Crippen LogP contribution in [-0.2, 0) is 24.7 Å². The molecular weight excluding hydrogens is 256 g/mol. The van der Waals surface area contributed by atoms with Crippen molar-refractivity contribution >= 4 is 22.6 Å². The lowest BCUT2D eigenvalue weighted by Crippen LogP contribution is -2.24. The Balaban J connectivity index is 2.17. The van der Waals surface area contributed by atoms with E-state index in [4.69, 9.17) is 4.55 Å². The van der Waals surface area contributed by atoms with E-state index in [1.165, 1.54) is 0 Å². The third kappa shape index (κ3) is 3.26. The number of thiophene rings is 1. The van der Waals surface area contributed by atoms with Crippen LogP contribution >= 0.6 is 11.3 Å². The lowest BCUT2D eigenvalue weighted by molar-refractivity contribution is 0.525. The first-order valence-corrected chi connectivity index (χ1v) is 7.16. The van der Waals surface area contributed by atoms with Crippen LogP contribution in [0, 0.1) is 0 Å². The zero-order valence-electron chi connectivity index (χ0n) is 9.37. The summed E-state index contributed by atoms with van der Waals surface area (Å²) in [5.74, 6) is 0. The van der Waals surface area contributed by atoms with Gasteiger partial charge in [0, 0.05) is 30.2 Å². The summed E-state index contributed by atoms with van der Waals surface area (Å²) in [6.45, 7) is 0. The van der Waals surface area contributed by atoms with Gasteiger partial charge < -0.3 is 4.57 Å². The summed E-state index contributed by atoms with van der Waals surface area (Å²) in [6, 6.07) is 7.77. The maximum Gasteiger partial charge on any atom is 0.232 e. The van der Waals surface area contributed by atoms with Crippen LogP contribution in [-0.4, -0.2) is 13.3 Å². The molecule has 0 aliphatic rings. The van der Waals surface area contributed by atoms with Gasteiger partial charge in [0.1, 0.15) is 0 Å². The maximum atomic E-state index is 10.9. The summed E-state index contributed by atoms with van der Waals surface area (Å²) in [5, 5.41) is 1.97. The zero-order chi connectivity index (χ0) is 12.3. The second kappa shape index (κ2) is 5.59. The number of hydrogen-bond donors (Lipinski definition) is 2. The summed E-state index contributed by atoms with van der Waals surface area (Å²) in [6.07, 6.45) is 2.66. The van der Waals surface area contributed by atoms with Crippen molar-refractivity contribution in [2.24, 2.45) is 7.05 Å². The van der Waals surface area contributed by atoms with Crippen LogP contribution in [0.2, 0.25) is 0 Å². The predicted octanol–water partition coefficient (Wildman–Crippen LogP) is 2.10. The smallest absolute Gasteiger partial charge is 0.232 e. The monoisotopic (exact) mass is 270 g/mol. The molecule has 0 aliphatic carbocycles. The molecule has 0 aromatic carbocycles. The van der Waals surface area contributed by atoms with Crippen LogP contribution in [0.15, 0.2) is 35.8 Å². The normalized spacial score (nSPS) is 14.7. The third-order valence-corrected chi connectivity index (χ3v) is 4.07. The molecule has 4 nitrogen and oxygen atoms in total. The van der Waals surface area contributed by atoms with Gasteiger partial charge in [-0.25, -0.2) is 8.93 Å². The van der Waals surface area contributed by atoms with Crippen LogP contribution in [0.1, 0.15) is 16.6 Å². The van der Waals surface area contributed by atoms with E-state index < -0.39 is 11.3 Å². The number of nitrogens with one attached hydrogen (secondary N) is 1. The van der Waals surface area contributed by atoms with Gasteiger partial charge in [-0.15, -0.1) is 11.3 Å². The van der Waals surface area contributed by atoms with Crippen molar-refractivity contribution in [2.75, 3.05) is 0 Å². The molecule has 0 spiro atoms. The molecule has 92 valence electrons. The van der Waals surface area contributed by atoms with E-state index in [1.54, 1.807) is 11.3 Å². The molecule has 0 saturated carbocycles. The first-order chi connectivity index (χ1) is 8.16. The Labute approximate surface area is 107 Å². The third-order valence-electron chi connectivity index (χ3n) is 2.59. The Bertz CT molecular complexity index is 493. The van der Waals surface area contributed by atoms with Gasteiger partial charge in [-0.1, -0.05) is 6.07 Å². The minimum Gasteiger partial charge on any atom is -0.354 e. The molecule has 0 saturated heterocycles. The van der Waals surface area contributed by atoms with E-state index in [0.717, 1.165) is 10.6 Å². The van der Waals surface area contributed by atoms with Gasteiger partial charge in [-0.3, -0.25) is 4.55 Å². The highest BCUT2D eigenvalue weighted by Crippen LogP contribution is 2.23. The Hall–Kier alpha value is -0.950. The van der Waals surface area contributed by atoms with Crippen molar-refractivity contribution in [3.8, 4) is 0 Å². The molecule has 6 heteroatoms. The van der Waals surface area contributed by atoms with E-state index in [0.29, 0.717) is 6.42 Å². The first kappa shape index (κ1) is 12.5. The van der Waals surface area contributed by atoms with E-state index in [-0.39, 0.29) is 6.04 Å². The van der Waals surface area contributed by atoms with Gasteiger partial charge in [0.2, 0.25) is 11.3 Å². The number of aryl methyl sites for hydroxylation is 1. The van der Waals surface area contributed by atoms with Crippen LogP contribution in [0.4, 0.5) is 0 Å². The number of nitrogens with zero attached hydrogens (tertiary/aromatic N) is 1. The predicted molar refractivity (Wildman–Crippen MR) is 70.1 cm³/mol. The van der Waals surface area contributed by atoms with E-state index in [2.05, 4.69) is 4.72 Å². The van der Waals surface area contributed by atoms with Gasteiger partial charge >= 0.3 is 0 Å². The molecular formula is C11H14N2O2S2. The second-order valence-corrected chi connectivity index (χ2v) is 5.46. The molecule has 0 bridgehead atoms. The first-order valence-electron chi connectivity index (χ1n) is 5.17. The average Bonchev–Trinajstić information content (AvgIpc) is 2.89. The van der Waals surface area contributed by atoms with Gasteiger partial charge in [0.25, 0.3) is 0 Å². The van der Waals surface area contributed by atoms with Gasteiger partial charge in [-0.2, -0.15) is 0 Å². The van der Waals surface area contributed by atoms with E-state index >= 15 is 0 Å². The summed E-state index contributed by atoms with van der Waals surface area (Å²) >= 11 is -0.418. The molecule has 0 aliphatic heterocycles. The highest BCUT2D eigenvalue weighted by Gasteiger charge is 2.16. The second-order valence-electron chi connectivity index (χ2n) is 3.75. The Morgan fingerprint density at radius 2 is 2.35 bits per heavy atom. The molecule has 2 rings (SSSR count). The number of aromatic nitrogens is 1. The van der Waals surface area contributed by atoms with Crippen LogP contribution < -0.4 is 4.72 Å². The quantitative estimate of drug-likeness (QED) is 0.817. The van der Waals surface area contributed by atoms with Crippen LogP contribution in [0.3, 0.4) is 0 Å². The van der Waals surface area contributed by atoms with Crippen molar-refractivity contribution in [3.05, 3.63) is 46.4 Å². The maximum absolute atomic E-state index is 10.9. The van der Waals surface area contributed by atoms with Crippen LogP contribution in [0.5, 0.6) is 0 Å². The van der Waals surface area contributed by atoms with Crippen molar-refractivity contribution in [1.82, 2.24) is 9.29 Å². The Morgan fingerprint density at radius 3 is 2.88 bits per heavy atom. The highest BCUT2D eigenvalue weighted by molar-refractivity contribution is 7.77. The standard InChI is InChI=1S/C11H14N2O2S2/c1-13-6-2-4-9(13)8-10(12-17(14)15)11-5-3-7-16-11/h2-7,10,12H,8H2,1H3,(H,14,15). The van der Waals surface area contributed by atoms with Gasteiger partial charge in [0.05, 0.1) is 6.04 Å². The van der Waals surface area contributed by atoms with E-state index in [9.17, 15) is 4.21 Å². The average molecular weight is 270 g/mol. The molecule has 0 fully saturated rings. The molecule has 2 aromatic heterocycles. The topological polar surface area (TPSA) is 54.3 Å². The fourth-order valence-corrected chi connectivity index (χ4v) is 3.04. The zero-order valence-corrected chi connectivity index (χ0v) is 11.0. The largest absolute Gasteiger partial charge is 0.354 e. The molecule has 2 aromatic rings. The molecule has 0 radical (unpaired) electrons. The molecule has 2 unspecified atom stereocenters. The molecule has 17 heavy (non-hydrogen) atoms. The highest BCUT2D eigenvalue weighted by atomic mass is 32.2. The van der Waals surface area contributed by atoms with Crippen LogP contribution in [0.25, 0.3) is 0 Å². The SMILES string of the molecule is Cn1cccc1CC(NS(=O)O)c1cccs1. The van der Waals surface area contributed by atoms with Crippen molar-refractivity contribution in [1.29, 1.82) is 0 Å².